The van der Waals surface area contributed by atoms with Gasteiger partial charge in [-0.3, -0.25) is 0 Å². The summed E-state index contributed by atoms with van der Waals surface area (Å²) in [6.07, 6.45) is 0.547. The van der Waals surface area contributed by atoms with Crippen LogP contribution in [0.3, 0.4) is 0 Å². The maximum atomic E-state index is 11.5. The second kappa shape index (κ2) is 4.18. The van der Waals surface area contributed by atoms with Gasteiger partial charge in [-0.2, -0.15) is 5.26 Å². The zero-order valence-electron chi connectivity index (χ0n) is 10.1. The van der Waals surface area contributed by atoms with Crippen molar-refractivity contribution in [1.29, 1.82) is 5.26 Å². The van der Waals surface area contributed by atoms with Gasteiger partial charge in [-0.25, -0.2) is 8.42 Å². The van der Waals surface area contributed by atoms with E-state index in [1.807, 2.05) is 13.0 Å². The SMILES string of the molecule is CC1(Nc2cccc(C#N)c2N)CCS(=O)(=O)C1. The highest BCUT2D eigenvalue weighted by Crippen LogP contribution is 2.31. The Kier molecular flexibility index (Phi) is 2.95. The molecule has 5 nitrogen and oxygen atoms in total. The Morgan fingerprint density at radius 1 is 1.50 bits per heavy atom. The van der Waals surface area contributed by atoms with Crippen molar-refractivity contribution in [2.24, 2.45) is 0 Å². The normalized spacial score (nSPS) is 25.6. The van der Waals surface area contributed by atoms with Crippen LogP contribution in [0.15, 0.2) is 18.2 Å². The number of hydrogen-bond donors (Lipinski definition) is 2. The van der Waals surface area contributed by atoms with Crippen molar-refractivity contribution in [3.05, 3.63) is 23.8 Å². The fourth-order valence-corrected chi connectivity index (χ4v) is 4.30. The van der Waals surface area contributed by atoms with Crippen molar-refractivity contribution >= 4 is 21.2 Å². The van der Waals surface area contributed by atoms with Crippen LogP contribution in [0.2, 0.25) is 0 Å². The van der Waals surface area contributed by atoms with Crippen molar-refractivity contribution in [3.8, 4) is 6.07 Å². The largest absolute Gasteiger partial charge is 0.396 e. The Morgan fingerprint density at radius 3 is 2.78 bits per heavy atom. The van der Waals surface area contributed by atoms with Gasteiger partial charge in [0, 0.05) is 5.54 Å². The molecule has 0 amide bonds. The van der Waals surface area contributed by atoms with Crippen LogP contribution in [0.4, 0.5) is 11.4 Å². The molecule has 0 aliphatic carbocycles. The summed E-state index contributed by atoms with van der Waals surface area (Å²) in [5.41, 5.74) is 6.73. The van der Waals surface area contributed by atoms with Gasteiger partial charge in [-0.1, -0.05) is 6.07 Å². The molecule has 1 aliphatic heterocycles. The van der Waals surface area contributed by atoms with Crippen LogP contribution in [0.25, 0.3) is 0 Å². The first-order valence-corrected chi connectivity index (χ1v) is 7.45. The van der Waals surface area contributed by atoms with Gasteiger partial charge in [0.15, 0.2) is 9.84 Å². The van der Waals surface area contributed by atoms with Crippen LogP contribution in [-0.4, -0.2) is 25.5 Å². The van der Waals surface area contributed by atoms with Crippen LogP contribution >= 0.6 is 0 Å². The van der Waals surface area contributed by atoms with Gasteiger partial charge in [-0.15, -0.1) is 0 Å². The van der Waals surface area contributed by atoms with E-state index < -0.39 is 15.4 Å². The molecule has 18 heavy (non-hydrogen) atoms. The maximum absolute atomic E-state index is 11.5. The molecular weight excluding hydrogens is 250 g/mol. The highest BCUT2D eigenvalue weighted by molar-refractivity contribution is 7.91. The van der Waals surface area contributed by atoms with E-state index >= 15 is 0 Å². The quantitative estimate of drug-likeness (QED) is 0.781. The van der Waals surface area contributed by atoms with Gasteiger partial charge in [0.2, 0.25) is 0 Å². The lowest BCUT2D eigenvalue weighted by molar-refractivity contribution is 0.574. The van der Waals surface area contributed by atoms with Crippen LogP contribution < -0.4 is 11.1 Å². The Labute approximate surface area is 107 Å². The van der Waals surface area contributed by atoms with Gasteiger partial charge in [0.05, 0.1) is 28.4 Å². The third kappa shape index (κ3) is 2.41. The smallest absolute Gasteiger partial charge is 0.152 e. The molecule has 0 radical (unpaired) electrons. The van der Waals surface area contributed by atoms with E-state index in [0.29, 0.717) is 23.4 Å². The number of nitrogen functional groups attached to an aromatic ring is 1. The molecule has 0 bridgehead atoms. The summed E-state index contributed by atoms with van der Waals surface area (Å²) in [6.45, 7) is 1.86. The molecule has 0 saturated carbocycles. The van der Waals surface area contributed by atoms with Gasteiger partial charge in [0.1, 0.15) is 6.07 Å². The summed E-state index contributed by atoms with van der Waals surface area (Å²) in [4.78, 5) is 0. The lowest BCUT2D eigenvalue weighted by atomic mass is 10.0. The molecule has 1 aromatic carbocycles. The molecule has 1 aromatic rings. The third-order valence-corrected chi connectivity index (χ3v) is 5.07. The number of nitrogens with two attached hydrogens (primary N) is 1. The molecular formula is C12H15N3O2S. The standard InChI is InChI=1S/C12H15N3O2S/c1-12(5-6-18(16,17)8-12)15-10-4-2-3-9(7-13)11(10)14/h2-4,15H,5-6,8,14H2,1H3. The first kappa shape index (κ1) is 12.7. The van der Waals surface area contributed by atoms with Crippen LogP contribution in [0.1, 0.15) is 18.9 Å². The predicted octanol–water partition coefficient (Wildman–Crippen LogP) is 1.13. The minimum absolute atomic E-state index is 0.0935. The molecule has 1 heterocycles. The lowest BCUT2D eigenvalue weighted by Crippen LogP contribution is -2.36. The number of benzene rings is 1. The minimum atomic E-state index is -2.97. The second-order valence-corrected chi connectivity index (χ2v) is 7.09. The summed E-state index contributed by atoms with van der Waals surface area (Å²) < 4.78 is 23.0. The second-order valence-electron chi connectivity index (χ2n) is 4.91. The van der Waals surface area contributed by atoms with Crippen molar-refractivity contribution < 1.29 is 8.42 Å². The van der Waals surface area contributed by atoms with Crippen molar-refractivity contribution in [2.75, 3.05) is 22.6 Å². The van der Waals surface area contributed by atoms with Crippen LogP contribution in [0.5, 0.6) is 0 Å². The summed E-state index contributed by atoms with van der Waals surface area (Å²) >= 11 is 0. The van der Waals surface area contributed by atoms with E-state index in [0.717, 1.165) is 0 Å². The molecule has 2 rings (SSSR count). The predicted molar refractivity (Wildman–Crippen MR) is 70.9 cm³/mol. The number of hydrogen-bond acceptors (Lipinski definition) is 5. The highest BCUT2D eigenvalue weighted by atomic mass is 32.2. The zero-order valence-corrected chi connectivity index (χ0v) is 10.9. The Bertz CT molecular complexity index is 619. The van der Waals surface area contributed by atoms with E-state index in [4.69, 9.17) is 11.0 Å². The third-order valence-electron chi connectivity index (χ3n) is 3.17. The van der Waals surface area contributed by atoms with Crippen LogP contribution in [0, 0.1) is 11.3 Å². The van der Waals surface area contributed by atoms with E-state index in [9.17, 15) is 8.42 Å². The Morgan fingerprint density at radius 2 is 2.22 bits per heavy atom. The lowest BCUT2D eigenvalue weighted by Gasteiger charge is -2.26. The number of para-hydroxylation sites is 1. The average molecular weight is 265 g/mol. The fraction of sp³-hybridized carbons (Fsp3) is 0.417. The van der Waals surface area contributed by atoms with E-state index in [2.05, 4.69) is 5.32 Å². The monoisotopic (exact) mass is 265 g/mol. The maximum Gasteiger partial charge on any atom is 0.152 e. The highest BCUT2D eigenvalue weighted by Gasteiger charge is 2.38. The number of nitrogens with zero attached hydrogens (tertiary/aromatic N) is 1. The molecule has 1 unspecified atom stereocenters. The van der Waals surface area contributed by atoms with Gasteiger partial charge in [-0.05, 0) is 25.5 Å². The fourth-order valence-electron chi connectivity index (χ4n) is 2.21. The van der Waals surface area contributed by atoms with Crippen molar-refractivity contribution in [3.63, 3.8) is 0 Å². The summed E-state index contributed by atoms with van der Waals surface area (Å²) in [5.74, 6) is 0.282. The molecule has 1 aliphatic rings. The zero-order chi connectivity index (χ0) is 13.4. The topological polar surface area (TPSA) is 96.0 Å². The Hall–Kier alpha value is -1.74. The minimum Gasteiger partial charge on any atom is -0.396 e. The molecule has 0 spiro atoms. The molecule has 0 aromatic heterocycles. The number of nitrogens with one attached hydrogen (secondary N) is 1. The molecule has 96 valence electrons. The number of rotatable bonds is 2. The molecule has 1 fully saturated rings. The summed E-state index contributed by atoms with van der Waals surface area (Å²) in [7, 11) is -2.97. The average Bonchev–Trinajstić information content (AvgIpc) is 2.56. The van der Waals surface area contributed by atoms with Gasteiger partial charge < -0.3 is 11.1 Å². The van der Waals surface area contributed by atoms with Crippen LogP contribution in [-0.2, 0) is 9.84 Å². The number of anilines is 2. The first-order valence-electron chi connectivity index (χ1n) is 5.62. The first-order chi connectivity index (χ1) is 8.35. The van der Waals surface area contributed by atoms with E-state index in [1.54, 1.807) is 18.2 Å². The number of nitriles is 1. The summed E-state index contributed by atoms with van der Waals surface area (Å²) in [5, 5.41) is 12.1. The van der Waals surface area contributed by atoms with E-state index in [1.165, 1.54) is 0 Å². The van der Waals surface area contributed by atoms with Gasteiger partial charge >= 0.3 is 0 Å². The number of sulfone groups is 1. The van der Waals surface area contributed by atoms with E-state index in [-0.39, 0.29) is 11.5 Å². The van der Waals surface area contributed by atoms with Crippen molar-refractivity contribution in [2.45, 2.75) is 18.9 Å². The van der Waals surface area contributed by atoms with Crippen molar-refractivity contribution in [1.82, 2.24) is 0 Å². The molecule has 1 saturated heterocycles. The summed E-state index contributed by atoms with van der Waals surface area (Å²) in [6, 6.07) is 7.12. The van der Waals surface area contributed by atoms with Gasteiger partial charge in [0.25, 0.3) is 0 Å². The Balaban J connectivity index is 2.29. The molecule has 3 N–H and O–H groups in total. The molecule has 6 heteroatoms. The molecule has 1 atom stereocenters.